The van der Waals surface area contributed by atoms with Crippen molar-refractivity contribution >= 4 is 68.2 Å². The molecule has 0 aliphatic carbocycles. The molecule has 0 radical (unpaired) electrons. The minimum atomic E-state index is -0.768. The maximum Gasteiger partial charge on any atom is 0.294 e. The van der Waals surface area contributed by atoms with Gasteiger partial charge in [0.1, 0.15) is 16.4 Å². The first-order valence-electron chi connectivity index (χ1n) is 8.03. The van der Waals surface area contributed by atoms with E-state index in [9.17, 15) is 24.0 Å². The average Bonchev–Trinajstić information content (AvgIpc) is 3.14. The summed E-state index contributed by atoms with van der Waals surface area (Å²) in [6.07, 6.45) is 0. The van der Waals surface area contributed by atoms with E-state index in [1.807, 2.05) is 35.6 Å². The minimum absolute atomic E-state index is 0.120. The van der Waals surface area contributed by atoms with Crippen LogP contribution in [0.5, 0.6) is 0 Å². The predicted molar refractivity (Wildman–Crippen MR) is 105 cm³/mol. The summed E-state index contributed by atoms with van der Waals surface area (Å²) >= 11 is 1.10. The third-order valence-electron chi connectivity index (χ3n) is 4.04. The average molecular weight is 413 g/mol. The Morgan fingerprint density at radius 2 is 1.71 bits per heavy atom. The number of amides is 5. The number of nitrogens with zero attached hydrogens (tertiary/aromatic N) is 1. The Hall–Kier alpha value is -3.11. The van der Waals surface area contributed by atoms with Crippen molar-refractivity contribution in [3.63, 3.8) is 0 Å². The van der Waals surface area contributed by atoms with Crippen LogP contribution >= 0.6 is 23.5 Å². The molecule has 2 aromatic carbocycles. The minimum Gasteiger partial charge on any atom is -0.324 e. The van der Waals surface area contributed by atoms with Gasteiger partial charge in [-0.25, -0.2) is 0 Å². The Morgan fingerprint density at radius 1 is 0.964 bits per heavy atom. The number of hydrogen-bond acceptors (Lipinski definition) is 7. The molecule has 140 valence electrons. The van der Waals surface area contributed by atoms with Crippen LogP contribution in [-0.4, -0.2) is 39.6 Å². The summed E-state index contributed by atoms with van der Waals surface area (Å²) in [6, 6.07) is 12.9. The normalized spacial score (nSPS) is 19.5. The topological polar surface area (TPSA) is 113 Å². The van der Waals surface area contributed by atoms with E-state index >= 15 is 0 Å². The van der Waals surface area contributed by atoms with E-state index in [1.54, 1.807) is 12.1 Å². The molecule has 0 saturated carbocycles. The van der Waals surface area contributed by atoms with Crippen molar-refractivity contribution in [3.8, 4) is 0 Å². The second-order valence-electron chi connectivity index (χ2n) is 5.84. The van der Waals surface area contributed by atoms with Gasteiger partial charge < -0.3 is 5.32 Å². The zero-order valence-corrected chi connectivity index (χ0v) is 15.7. The number of rotatable bonds is 3. The first-order chi connectivity index (χ1) is 13.4. The number of imide groups is 2. The second kappa shape index (κ2) is 7.13. The van der Waals surface area contributed by atoms with Gasteiger partial charge in [-0.2, -0.15) is 0 Å². The molecule has 2 N–H and O–H groups in total. The monoisotopic (exact) mass is 413 g/mol. The Kier molecular flexibility index (Phi) is 4.65. The van der Waals surface area contributed by atoms with E-state index in [-0.39, 0.29) is 9.81 Å². The summed E-state index contributed by atoms with van der Waals surface area (Å²) in [4.78, 5) is 60.6. The van der Waals surface area contributed by atoms with Crippen molar-refractivity contribution in [3.05, 3.63) is 52.3 Å². The maximum atomic E-state index is 12.5. The fourth-order valence-corrected chi connectivity index (χ4v) is 4.52. The van der Waals surface area contributed by atoms with Crippen LogP contribution in [0.15, 0.2) is 52.3 Å². The van der Waals surface area contributed by atoms with E-state index in [1.165, 1.54) is 0 Å². The first kappa shape index (κ1) is 18.3. The molecule has 5 amide bonds. The molecule has 0 bridgehead atoms. The molecular weight excluding hydrogens is 402 g/mol. The number of fused-ring (bicyclic) bond motifs is 1. The third-order valence-corrected chi connectivity index (χ3v) is 6.03. The van der Waals surface area contributed by atoms with Crippen LogP contribution in [-0.2, 0) is 14.4 Å². The van der Waals surface area contributed by atoms with E-state index in [4.69, 9.17) is 0 Å². The lowest BCUT2D eigenvalue weighted by atomic mass is 10.1. The summed E-state index contributed by atoms with van der Waals surface area (Å²) in [5.41, 5.74) is 0.560. The molecule has 4 rings (SSSR count). The van der Waals surface area contributed by atoms with Crippen LogP contribution in [0.25, 0.3) is 10.8 Å². The number of benzene rings is 2. The van der Waals surface area contributed by atoms with Gasteiger partial charge in [0.05, 0.1) is 0 Å². The number of nitrogens with one attached hydrogen (secondary N) is 2. The highest BCUT2D eigenvalue weighted by molar-refractivity contribution is 8.22. The number of carbonyl (C=O) groups is 5. The maximum absolute atomic E-state index is 12.5. The zero-order valence-electron chi connectivity index (χ0n) is 14.1. The van der Waals surface area contributed by atoms with E-state index in [2.05, 4.69) is 5.32 Å². The van der Waals surface area contributed by atoms with Gasteiger partial charge in [-0.05, 0) is 35.0 Å². The molecular formula is C18H11N3O5S2. The van der Waals surface area contributed by atoms with Crippen molar-refractivity contribution in [2.75, 3.05) is 11.9 Å². The first-order valence-corrected chi connectivity index (χ1v) is 9.66. The zero-order chi connectivity index (χ0) is 19.8. The number of anilines is 1. The van der Waals surface area contributed by atoms with Crippen LogP contribution in [0, 0.1) is 0 Å². The largest absolute Gasteiger partial charge is 0.324 e. The van der Waals surface area contributed by atoms with Crippen LogP contribution in [0.3, 0.4) is 0 Å². The summed E-state index contributed by atoms with van der Waals surface area (Å²) in [5.74, 6) is -2.04. The van der Waals surface area contributed by atoms with Gasteiger partial charge in [-0.15, -0.1) is 0 Å². The van der Waals surface area contributed by atoms with E-state index in [0.717, 1.165) is 15.7 Å². The predicted octanol–water partition coefficient (Wildman–Crippen LogP) is 2.67. The van der Waals surface area contributed by atoms with Gasteiger partial charge in [0, 0.05) is 11.1 Å². The van der Waals surface area contributed by atoms with Crippen molar-refractivity contribution < 1.29 is 24.0 Å². The molecule has 2 aromatic rings. The van der Waals surface area contributed by atoms with Gasteiger partial charge in [-0.3, -0.25) is 34.2 Å². The SMILES string of the molecule is O=C(CN1C(=O)S/C(=C2/SC(=O)NC2=O)C1=O)Nc1cccc2ccccc12. The number of hydrogen-bond donors (Lipinski definition) is 2. The van der Waals surface area contributed by atoms with Crippen LogP contribution in [0.4, 0.5) is 15.3 Å². The number of carbonyl (C=O) groups excluding carboxylic acids is 5. The summed E-state index contributed by atoms with van der Waals surface area (Å²) in [5, 5.41) is 5.22. The molecule has 2 heterocycles. The van der Waals surface area contributed by atoms with Crippen molar-refractivity contribution in [2.45, 2.75) is 0 Å². The Balaban J connectivity index is 1.53. The van der Waals surface area contributed by atoms with E-state index < -0.39 is 34.7 Å². The molecule has 0 unspecified atom stereocenters. The molecule has 2 aliphatic heterocycles. The molecule has 10 heteroatoms. The highest BCUT2D eigenvalue weighted by Gasteiger charge is 2.42. The molecule has 2 aliphatic rings. The van der Waals surface area contributed by atoms with Gasteiger partial charge in [-0.1, -0.05) is 36.4 Å². The number of thioether (sulfide) groups is 2. The van der Waals surface area contributed by atoms with Gasteiger partial charge >= 0.3 is 0 Å². The Morgan fingerprint density at radius 3 is 2.46 bits per heavy atom. The second-order valence-corrected chi connectivity index (χ2v) is 7.78. The molecule has 2 fully saturated rings. The highest BCUT2D eigenvalue weighted by atomic mass is 32.2. The standard InChI is InChI=1S/C18H11N3O5S2/c22-12(19-11-7-3-5-9-4-1-2-6-10(9)11)8-21-16(24)14(28-18(21)26)13-15(23)20-17(25)27-13/h1-7H,8H2,(H,19,22)(H,20,23,25)/b14-13+. The van der Waals surface area contributed by atoms with Crippen molar-refractivity contribution in [2.24, 2.45) is 0 Å². The van der Waals surface area contributed by atoms with Crippen LogP contribution < -0.4 is 10.6 Å². The van der Waals surface area contributed by atoms with Gasteiger partial charge in [0.2, 0.25) is 5.91 Å². The fraction of sp³-hybridized carbons (Fsp3) is 0.0556. The molecule has 28 heavy (non-hydrogen) atoms. The summed E-state index contributed by atoms with van der Waals surface area (Å²) in [6.45, 7) is -0.495. The molecule has 0 atom stereocenters. The lowest BCUT2D eigenvalue weighted by molar-refractivity contribution is -0.127. The summed E-state index contributed by atoms with van der Waals surface area (Å²) in [7, 11) is 0. The lowest BCUT2D eigenvalue weighted by Gasteiger charge is -2.13. The molecule has 8 nitrogen and oxygen atoms in total. The lowest BCUT2D eigenvalue weighted by Crippen LogP contribution is -2.36. The quantitative estimate of drug-likeness (QED) is 0.744. The third kappa shape index (κ3) is 3.27. The van der Waals surface area contributed by atoms with Crippen LogP contribution in [0.1, 0.15) is 0 Å². The highest BCUT2D eigenvalue weighted by Crippen LogP contribution is 2.39. The fourth-order valence-electron chi connectivity index (χ4n) is 2.80. The van der Waals surface area contributed by atoms with E-state index in [0.29, 0.717) is 29.2 Å². The van der Waals surface area contributed by atoms with Gasteiger partial charge in [0.15, 0.2) is 0 Å². The Labute approximate surface area is 166 Å². The Bertz CT molecular complexity index is 1110. The molecule has 0 spiro atoms. The smallest absolute Gasteiger partial charge is 0.294 e. The van der Waals surface area contributed by atoms with Gasteiger partial charge in [0.25, 0.3) is 22.3 Å². The summed E-state index contributed by atoms with van der Waals surface area (Å²) < 4.78 is 0. The molecule has 2 saturated heterocycles. The van der Waals surface area contributed by atoms with Crippen molar-refractivity contribution in [1.29, 1.82) is 0 Å². The van der Waals surface area contributed by atoms with Crippen LogP contribution in [0.2, 0.25) is 0 Å². The molecule has 0 aromatic heterocycles. The van der Waals surface area contributed by atoms with Crippen molar-refractivity contribution in [1.82, 2.24) is 10.2 Å².